The highest BCUT2D eigenvalue weighted by molar-refractivity contribution is 4.88. The molecule has 0 aromatic heterocycles. The highest BCUT2D eigenvalue weighted by Gasteiger charge is 2.24. The van der Waals surface area contributed by atoms with Crippen molar-refractivity contribution in [2.24, 2.45) is 0 Å². The molecular weight excluding hydrogens is 189 g/mol. The summed E-state index contributed by atoms with van der Waals surface area (Å²) in [6.07, 6.45) is 5.66. The number of rotatable bonds is 6. The molecule has 3 heteroatoms. The van der Waals surface area contributed by atoms with Crippen LogP contribution in [0, 0.1) is 0 Å². The van der Waals surface area contributed by atoms with Crippen LogP contribution in [0.3, 0.4) is 0 Å². The van der Waals surface area contributed by atoms with Crippen LogP contribution in [-0.4, -0.2) is 6.18 Å². The lowest BCUT2D eigenvalue weighted by molar-refractivity contribution is -0.125. The van der Waals surface area contributed by atoms with Crippen LogP contribution in [0.25, 0.3) is 0 Å². The Bertz CT molecular complexity index is 177. The smallest absolute Gasteiger partial charge is 0.171 e. The average Bonchev–Trinajstić information content (AvgIpc) is 2.08. The molecule has 0 aliphatic heterocycles. The Morgan fingerprint density at radius 2 is 1.36 bits per heavy atom. The molecule has 0 atom stereocenters. The van der Waals surface area contributed by atoms with E-state index in [4.69, 9.17) is 0 Å². The van der Waals surface area contributed by atoms with Gasteiger partial charge in [-0.15, -0.1) is 0 Å². The Hall–Kier alpha value is -0.730. The van der Waals surface area contributed by atoms with Gasteiger partial charge in [-0.3, -0.25) is 0 Å². The molecule has 0 rings (SSSR count). The predicted octanol–water partition coefficient (Wildman–Crippen LogP) is 4.63. The minimum absolute atomic E-state index is 0.691. The van der Waals surface area contributed by atoms with Gasteiger partial charge in [0.25, 0.3) is 0 Å². The molecule has 0 aromatic rings. The number of alkyl halides is 3. The van der Waals surface area contributed by atoms with Gasteiger partial charge < -0.3 is 0 Å². The Labute approximate surface area is 83.5 Å². The summed E-state index contributed by atoms with van der Waals surface area (Å²) in [5.74, 6) is 0. The maximum absolute atomic E-state index is 11.7. The van der Waals surface area contributed by atoms with Crippen LogP contribution in [0.5, 0.6) is 0 Å². The van der Waals surface area contributed by atoms with Crippen molar-refractivity contribution in [1.29, 1.82) is 0 Å². The molecule has 0 saturated heterocycles. The van der Waals surface area contributed by atoms with Gasteiger partial charge >= 0.3 is 6.18 Å². The number of unbranched alkanes of at least 4 members (excludes halogenated alkanes) is 2. The Kier molecular flexibility index (Phi) is 7.25. The van der Waals surface area contributed by atoms with Gasteiger partial charge in [0.05, 0.1) is 6.42 Å². The normalized spacial score (nSPS) is 13.1. The van der Waals surface area contributed by atoms with Crippen LogP contribution in [0.2, 0.25) is 0 Å². The van der Waals surface area contributed by atoms with Gasteiger partial charge in [0.2, 0.25) is 0 Å². The first-order valence-corrected chi connectivity index (χ1v) is 4.93. The van der Waals surface area contributed by atoms with Gasteiger partial charge in [-0.25, -0.2) is 0 Å². The van der Waals surface area contributed by atoms with E-state index < -0.39 is 12.6 Å². The van der Waals surface area contributed by atoms with Gasteiger partial charge in [-0.05, 0) is 19.3 Å². The van der Waals surface area contributed by atoms with Crippen LogP contribution < -0.4 is 0 Å². The third-order valence-electron chi connectivity index (χ3n) is 1.64. The van der Waals surface area contributed by atoms with E-state index in [1.165, 1.54) is 6.08 Å². The summed E-state index contributed by atoms with van der Waals surface area (Å²) in [6, 6.07) is 0. The van der Waals surface area contributed by atoms with Crippen LogP contribution >= 0.6 is 0 Å². The first-order valence-electron chi connectivity index (χ1n) is 4.93. The maximum atomic E-state index is 11.7. The van der Waals surface area contributed by atoms with E-state index in [9.17, 15) is 13.2 Å². The molecule has 0 unspecified atom stereocenters. The van der Waals surface area contributed by atoms with E-state index in [1.807, 2.05) is 6.08 Å². The second kappa shape index (κ2) is 7.65. The van der Waals surface area contributed by atoms with E-state index in [0.29, 0.717) is 6.42 Å². The lowest BCUT2D eigenvalue weighted by Crippen LogP contribution is -2.03. The molecule has 0 fully saturated rings. The molecule has 14 heavy (non-hydrogen) atoms. The van der Waals surface area contributed by atoms with Gasteiger partial charge in [-0.2, -0.15) is 13.2 Å². The summed E-state index contributed by atoms with van der Waals surface area (Å²) in [4.78, 5) is 0. The lowest BCUT2D eigenvalue weighted by Gasteiger charge is -1.99. The molecule has 0 saturated carbocycles. The van der Waals surface area contributed by atoms with Crippen LogP contribution in [0.15, 0.2) is 24.3 Å². The molecule has 82 valence electrons. The number of halogens is 3. The molecule has 0 radical (unpaired) electrons. The largest absolute Gasteiger partial charge is 0.392 e. The van der Waals surface area contributed by atoms with E-state index in [-0.39, 0.29) is 0 Å². The molecule has 0 aliphatic rings. The zero-order valence-corrected chi connectivity index (χ0v) is 8.48. The third kappa shape index (κ3) is 11.3. The van der Waals surface area contributed by atoms with Gasteiger partial charge in [-0.1, -0.05) is 37.6 Å². The Balaban J connectivity index is 3.36. The van der Waals surface area contributed by atoms with Crippen LogP contribution in [-0.2, 0) is 0 Å². The van der Waals surface area contributed by atoms with Crippen molar-refractivity contribution in [2.75, 3.05) is 0 Å². The summed E-state index contributed by atoms with van der Waals surface area (Å²) < 4.78 is 35.0. The van der Waals surface area contributed by atoms with Crippen molar-refractivity contribution < 1.29 is 13.2 Å². The monoisotopic (exact) mass is 206 g/mol. The zero-order chi connectivity index (χ0) is 10.9. The summed E-state index contributed by atoms with van der Waals surface area (Å²) in [5, 5.41) is 0. The fraction of sp³-hybridized carbons (Fsp3) is 0.636. The molecule has 0 aromatic carbocycles. The van der Waals surface area contributed by atoms with Crippen molar-refractivity contribution in [3.05, 3.63) is 24.3 Å². The van der Waals surface area contributed by atoms with Crippen molar-refractivity contribution in [3.63, 3.8) is 0 Å². The second-order valence-corrected chi connectivity index (χ2v) is 3.13. The Morgan fingerprint density at radius 1 is 0.857 bits per heavy atom. The minimum atomic E-state index is -4.06. The van der Waals surface area contributed by atoms with Crippen LogP contribution in [0.4, 0.5) is 13.2 Å². The number of hydrogen-bond acceptors (Lipinski definition) is 0. The minimum Gasteiger partial charge on any atom is -0.171 e. The molecule has 0 bridgehead atoms. The molecule has 0 spiro atoms. The molecule has 0 heterocycles. The summed E-state index contributed by atoms with van der Waals surface area (Å²) in [6.45, 7) is 2.09. The first-order chi connectivity index (χ1) is 6.56. The topological polar surface area (TPSA) is 0 Å². The average molecular weight is 206 g/mol. The van der Waals surface area contributed by atoms with Gasteiger partial charge in [0.1, 0.15) is 0 Å². The van der Waals surface area contributed by atoms with Gasteiger partial charge in [0, 0.05) is 0 Å². The standard InChI is InChI=1S/C11H17F3/c1-2-3-4-5-6-7-8-9-10-11(12,13)14/h4-5,8-9H,2-3,6-7,10H2,1H3. The lowest BCUT2D eigenvalue weighted by atomic mass is 10.2. The first kappa shape index (κ1) is 13.3. The van der Waals surface area contributed by atoms with E-state index in [2.05, 4.69) is 13.0 Å². The van der Waals surface area contributed by atoms with Crippen LogP contribution in [0.1, 0.15) is 39.0 Å². The maximum Gasteiger partial charge on any atom is 0.392 e. The molecular formula is C11H17F3. The van der Waals surface area contributed by atoms with E-state index in [1.54, 1.807) is 6.08 Å². The van der Waals surface area contributed by atoms with Crippen molar-refractivity contribution in [1.82, 2.24) is 0 Å². The van der Waals surface area contributed by atoms with E-state index in [0.717, 1.165) is 19.3 Å². The summed E-state index contributed by atoms with van der Waals surface area (Å²) >= 11 is 0. The summed E-state index contributed by atoms with van der Waals surface area (Å²) in [7, 11) is 0. The second-order valence-electron chi connectivity index (χ2n) is 3.13. The zero-order valence-electron chi connectivity index (χ0n) is 8.48. The number of hydrogen-bond donors (Lipinski definition) is 0. The number of allylic oxidation sites excluding steroid dienone is 4. The SMILES string of the molecule is CCCC=CCCC=CCC(F)(F)F. The Morgan fingerprint density at radius 3 is 1.86 bits per heavy atom. The molecule has 0 nitrogen and oxygen atoms in total. The highest BCUT2D eigenvalue weighted by Crippen LogP contribution is 2.19. The van der Waals surface area contributed by atoms with Crippen molar-refractivity contribution in [3.8, 4) is 0 Å². The van der Waals surface area contributed by atoms with E-state index >= 15 is 0 Å². The quantitative estimate of drug-likeness (QED) is 0.439. The fourth-order valence-corrected chi connectivity index (χ4v) is 0.930. The molecule has 0 amide bonds. The van der Waals surface area contributed by atoms with Crippen molar-refractivity contribution >= 4 is 0 Å². The predicted molar refractivity (Wildman–Crippen MR) is 53.1 cm³/mol. The molecule has 0 N–H and O–H groups in total. The summed E-state index contributed by atoms with van der Waals surface area (Å²) in [5.41, 5.74) is 0. The van der Waals surface area contributed by atoms with Crippen molar-refractivity contribution in [2.45, 2.75) is 45.2 Å². The molecule has 0 aliphatic carbocycles. The fourth-order valence-electron chi connectivity index (χ4n) is 0.930. The van der Waals surface area contributed by atoms with Gasteiger partial charge in [0.15, 0.2) is 0 Å². The third-order valence-corrected chi connectivity index (χ3v) is 1.64. The highest BCUT2D eigenvalue weighted by atomic mass is 19.4.